The number of fused-ring (bicyclic) bond motifs is 1. The number of hydrogen-bond donors (Lipinski definition) is 0. The molecular formula is C22H18FN3O3S2. The van der Waals surface area contributed by atoms with E-state index >= 15 is 0 Å². The lowest BCUT2D eigenvalue weighted by Gasteiger charge is -2.12. The highest BCUT2D eigenvalue weighted by molar-refractivity contribution is 8.26. The van der Waals surface area contributed by atoms with Gasteiger partial charge < -0.3 is 4.74 Å². The fourth-order valence-electron chi connectivity index (χ4n) is 3.17. The van der Waals surface area contributed by atoms with Crippen molar-refractivity contribution >= 4 is 45.9 Å². The smallest absolute Gasteiger partial charge is 0.269 e. The highest BCUT2D eigenvalue weighted by Gasteiger charge is 2.32. The predicted octanol–water partition coefficient (Wildman–Crippen LogP) is 4.55. The number of hydrogen-bond acceptors (Lipinski definition) is 6. The first-order valence-corrected chi connectivity index (χ1v) is 10.8. The van der Waals surface area contributed by atoms with Crippen LogP contribution >= 0.6 is 24.0 Å². The summed E-state index contributed by atoms with van der Waals surface area (Å²) in [7, 11) is 0. The number of aromatic nitrogens is 2. The third-order valence-electron chi connectivity index (χ3n) is 4.69. The summed E-state index contributed by atoms with van der Waals surface area (Å²) in [5.41, 5.74) is 0.748. The molecule has 158 valence electrons. The molecule has 1 aliphatic heterocycles. The summed E-state index contributed by atoms with van der Waals surface area (Å²) in [5.74, 6) is -1.01. The van der Waals surface area contributed by atoms with Crippen molar-refractivity contribution in [2.24, 2.45) is 0 Å². The van der Waals surface area contributed by atoms with Gasteiger partial charge >= 0.3 is 0 Å². The van der Waals surface area contributed by atoms with E-state index in [4.69, 9.17) is 17.0 Å². The van der Waals surface area contributed by atoms with Crippen LogP contribution in [0.5, 0.6) is 11.6 Å². The number of thiocarbonyl (C=S) groups is 1. The molecule has 0 N–H and O–H groups in total. The van der Waals surface area contributed by atoms with E-state index in [-0.39, 0.29) is 23.1 Å². The maximum atomic E-state index is 14.2. The molecule has 1 amide bonds. The third-order valence-corrected chi connectivity index (χ3v) is 6.07. The molecule has 1 fully saturated rings. The van der Waals surface area contributed by atoms with Crippen LogP contribution in [-0.4, -0.2) is 31.1 Å². The average Bonchev–Trinajstić information content (AvgIpc) is 3.01. The largest absolute Gasteiger partial charge is 0.435 e. The van der Waals surface area contributed by atoms with Gasteiger partial charge in [-0.15, -0.1) is 0 Å². The zero-order chi connectivity index (χ0) is 22.1. The highest BCUT2D eigenvalue weighted by Crippen LogP contribution is 2.34. The quantitative estimate of drug-likeness (QED) is 0.416. The molecule has 1 aliphatic rings. The summed E-state index contributed by atoms with van der Waals surface area (Å²) in [6.45, 7) is 4.25. The molecule has 0 aliphatic carbocycles. The van der Waals surface area contributed by atoms with Crippen LogP contribution in [0.3, 0.4) is 0 Å². The van der Waals surface area contributed by atoms with Gasteiger partial charge in [0.05, 0.1) is 4.91 Å². The number of aryl methyl sites for hydroxylation is 1. The van der Waals surface area contributed by atoms with Gasteiger partial charge in [-0.3, -0.25) is 18.9 Å². The second-order valence-corrected chi connectivity index (χ2v) is 8.56. The van der Waals surface area contributed by atoms with Crippen molar-refractivity contribution in [3.8, 4) is 11.6 Å². The first kappa shape index (κ1) is 21.2. The minimum atomic E-state index is -0.588. The molecule has 0 spiro atoms. The lowest BCUT2D eigenvalue weighted by atomic mass is 10.2. The molecule has 0 unspecified atom stereocenters. The predicted molar refractivity (Wildman–Crippen MR) is 123 cm³/mol. The summed E-state index contributed by atoms with van der Waals surface area (Å²) >= 11 is 6.42. The summed E-state index contributed by atoms with van der Waals surface area (Å²) in [5, 5.41) is 0. The van der Waals surface area contributed by atoms with E-state index in [1.165, 1.54) is 33.6 Å². The Morgan fingerprint density at radius 1 is 1.23 bits per heavy atom. The minimum Gasteiger partial charge on any atom is -0.435 e. The molecular weight excluding hydrogens is 437 g/mol. The molecule has 1 aromatic carbocycles. The number of amides is 1. The van der Waals surface area contributed by atoms with Crippen LogP contribution in [0.15, 0.2) is 52.3 Å². The molecule has 31 heavy (non-hydrogen) atoms. The van der Waals surface area contributed by atoms with Gasteiger partial charge in [0.15, 0.2) is 11.6 Å². The number of rotatable bonds is 5. The summed E-state index contributed by atoms with van der Waals surface area (Å²) in [6.07, 6.45) is 3.76. The van der Waals surface area contributed by atoms with Gasteiger partial charge in [-0.1, -0.05) is 49.1 Å². The van der Waals surface area contributed by atoms with Crippen molar-refractivity contribution in [2.75, 3.05) is 6.54 Å². The minimum absolute atomic E-state index is 0.0448. The van der Waals surface area contributed by atoms with Crippen molar-refractivity contribution in [2.45, 2.75) is 20.3 Å². The topological polar surface area (TPSA) is 63.9 Å². The molecule has 0 saturated carbocycles. The molecule has 3 heterocycles. The number of pyridine rings is 1. The lowest BCUT2D eigenvalue weighted by molar-refractivity contribution is -0.122. The summed E-state index contributed by atoms with van der Waals surface area (Å²) in [4.78, 5) is 32.3. The Morgan fingerprint density at radius 3 is 2.74 bits per heavy atom. The van der Waals surface area contributed by atoms with Crippen LogP contribution in [0.4, 0.5) is 4.39 Å². The van der Waals surface area contributed by atoms with E-state index in [1.807, 2.05) is 19.9 Å². The number of halogens is 1. The molecule has 9 heteroatoms. The van der Waals surface area contributed by atoms with Gasteiger partial charge in [-0.05, 0) is 43.2 Å². The molecule has 4 rings (SSSR count). The second-order valence-electron chi connectivity index (χ2n) is 6.89. The van der Waals surface area contributed by atoms with Crippen molar-refractivity contribution in [1.29, 1.82) is 0 Å². The number of nitrogens with zero attached hydrogens (tertiary/aromatic N) is 3. The Balaban J connectivity index is 1.90. The highest BCUT2D eigenvalue weighted by atomic mass is 32.2. The average molecular weight is 456 g/mol. The molecule has 3 aromatic rings. The van der Waals surface area contributed by atoms with Gasteiger partial charge in [0.2, 0.25) is 5.88 Å². The number of thioether (sulfide) groups is 1. The van der Waals surface area contributed by atoms with Crippen LogP contribution in [0, 0.1) is 12.7 Å². The normalized spacial score (nSPS) is 15.3. The van der Waals surface area contributed by atoms with Crippen molar-refractivity contribution in [3.63, 3.8) is 0 Å². The number of carbonyl (C=O) groups is 1. The van der Waals surface area contributed by atoms with Crippen LogP contribution < -0.4 is 10.3 Å². The van der Waals surface area contributed by atoms with Gasteiger partial charge in [-0.25, -0.2) is 4.39 Å². The second kappa shape index (κ2) is 8.60. The number of carbonyl (C=O) groups excluding carboxylic acids is 1. The van der Waals surface area contributed by atoms with E-state index in [2.05, 4.69) is 4.98 Å². The van der Waals surface area contributed by atoms with Gasteiger partial charge in [0.1, 0.15) is 15.5 Å². The van der Waals surface area contributed by atoms with E-state index in [1.54, 1.807) is 18.3 Å². The number of benzene rings is 1. The van der Waals surface area contributed by atoms with Crippen LogP contribution in [0.2, 0.25) is 0 Å². The van der Waals surface area contributed by atoms with Gasteiger partial charge in [0, 0.05) is 12.7 Å². The number of ether oxygens (including phenoxy) is 1. The van der Waals surface area contributed by atoms with E-state index in [9.17, 15) is 14.0 Å². The molecule has 6 nitrogen and oxygen atoms in total. The zero-order valence-corrected chi connectivity index (χ0v) is 18.4. The van der Waals surface area contributed by atoms with Gasteiger partial charge in [-0.2, -0.15) is 4.98 Å². The third kappa shape index (κ3) is 3.98. The molecule has 0 radical (unpaired) electrons. The number of para-hydroxylation sites is 1. The fourth-order valence-corrected chi connectivity index (χ4v) is 4.46. The lowest BCUT2D eigenvalue weighted by Crippen LogP contribution is -2.28. The van der Waals surface area contributed by atoms with Crippen molar-refractivity contribution < 1.29 is 13.9 Å². The van der Waals surface area contributed by atoms with Crippen molar-refractivity contribution in [1.82, 2.24) is 14.3 Å². The van der Waals surface area contributed by atoms with Crippen LogP contribution in [-0.2, 0) is 4.79 Å². The Kier molecular flexibility index (Phi) is 5.88. The Bertz CT molecular complexity index is 1300. The van der Waals surface area contributed by atoms with Crippen LogP contribution in [0.1, 0.15) is 24.5 Å². The monoisotopic (exact) mass is 455 g/mol. The summed E-state index contributed by atoms with van der Waals surface area (Å²) in [6, 6.07) is 9.39. The Morgan fingerprint density at radius 2 is 2.00 bits per heavy atom. The molecule has 0 atom stereocenters. The summed E-state index contributed by atoms with van der Waals surface area (Å²) < 4.78 is 21.7. The van der Waals surface area contributed by atoms with E-state index < -0.39 is 11.4 Å². The van der Waals surface area contributed by atoms with Gasteiger partial charge in [0.25, 0.3) is 11.5 Å². The molecule has 0 bridgehead atoms. The first-order valence-electron chi connectivity index (χ1n) is 9.60. The van der Waals surface area contributed by atoms with Crippen molar-refractivity contribution in [3.05, 3.63) is 74.8 Å². The van der Waals surface area contributed by atoms with Crippen LogP contribution in [0.25, 0.3) is 11.7 Å². The first-order chi connectivity index (χ1) is 14.9. The maximum Gasteiger partial charge on any atom is 0.269 e. The van der Waals surface area contributed by atoms with E-state index in [0.29, 0.717) is 21.4 Å². The molecule has 1 saturated heterocycles. The maximum absolute atomic E-state index is 14.2. The SMILES string of the molecule is CCCN1C(=O)/C(=C\c2c(Oc3ccccc3F)nc3c(C)cccn3c2=O)SC1=S. The standard InChI is InChI=1S/C22H18FN3O3S2/c1-3-10-26-21(28)17(31-22(26)30)12-14-19(29-16-9-5-4-8-15(16)23)24-18-13(2)7-6-11-25(18)20(14)27/h4-9,11-12H,3,10H2,1-2H3/b17-12+. The van der Waals surface area contributed by atoms with E-state index in [0.717, 1.165) is 23.7 Å². The molecule has 2 aromatic heterocycles. The Labute approximate surface area is 187 Å². The zero-order valence-electron chi connectivity index (χ0n) is 16.8. The fraction of sp³-hybridized carbons (Fsp3) is 0.182. The Hall–Kier alpha value is -3.04.